The first kappa shape index (κ1) is 28.8. The Labute approximate surface area is 215 Å². The topological polar surface area (TPSA) is 72.5 Å². The Morgan fingerprint density at radius 2 is 1.68 bits per heavy atom. The number of pyridine rings is 1. The van der Waals surface area contributed by atoms with E-state index in [0.717, 1.165) is 12.3 Å². The maximum Gasteiger partial charge on any atom is 0.433 e. The summed E-state index contributed by atoms with van der Waals surface area (Å²) in [6.45, 7) is -3.08. The van der Waals surface area contributed by atoms with Crippen molar-refractivity contribution in [3.8, 4) is 11.5 Å². The summed E-state index contributed by atoms with van der Waals surface area (Å²) < 4.78 is 87.4. The van der Waals surface area contributed by atoms with E-state index in [0.29, 0.717) is 16.7 Å². The number of carbonyl (C=O) groups is 1. The van der Waals surface area contributed by atoms with Crippen LogP contribution in [0.15, 0.2) is 60.8 Å². The number of amides is 1. The fourth-order valence-corrected chi connectivity index (χ4v) is 3.82. The molecule has 0 spiro atoms. The van der Waals surface area contributed by atoms with Gasteiger partial charge in [0.05, 0.1) is 7.11 Å². The number of ether oxygens (including phenoxy) is 2. The third kappa shape index (κ3) is 7.60. The molecule has 0 bridgehead atoms. The van der Waals surface area contributed by atoms with Crippen LogP contribution in [0.1, 0.15) is 40.9 Å². The third-order valence-corrected chi connectivity index (χ3v) is 5.72. The van der Waals surface area contributed by atoms with E-state index in [-0.39, 0.29) is 24.3 Å². The van der Waals surface area contributed by atoms with Gasteiger partial charge in [0, 0.05) is 19.3 Å². The molecule has 0 aliphatic heterocycles. The molecule has 0 aliphatic rings. The average molecular weight is 541 g/mol. The lowest BCUT2D eigenvalue weighted by atomic mass is 9.96. The average Bonchev–Trinajstić information content (AvgIpc) is 2.89. The van der Waals surface area contributed by atoms with Crippen molar-refractivity contribution < 1.29 is 40.6 Å². The van der Waals surface area contributed by atoms with Crippen LogP contribution in [0.5, 0.6) is 11.5 Å². The first-order valence-electron chi connectivity index (χ1n) is 11.4. The van der Waals surface area contributed by atoms with Crippen LogP contribution in [-0.2, 0) is 17.4 Å². The molecule has 204 valence electrons. The summed E-state index contributed by atoms with van der Waals surface area (Å²) in [5.74, 6) is -1.10. The molecule has 12 heteroatoms. The molecular formula is C26H25F6N3O3. The summed E-state index contributed by atoms with van der Waals surface area (Å²) in [6.07, 6.45) is -2.93. The van der Waals surface area contributed by atoms with Crippen LogP contribution < -0.4 is 20.1 Å². The Morgan fingerprint density at radius 3 is 2.24 bits per heavy atom. The minimum Gasteiger partial charge on any atom is -0.493 e. The quantitative estimate of drug-likeness (QED) is 0.309. The van der Waals surface area contributed by atoms with Crippen LogP contribution in [0.25, 0.3) is 0 Å². The van der Waals surface area contributed by atoms with Gasteiger partial charge in [-0.05, 0) is 59.9 Å². The predicted octanol–water partition coefficient (Wildman–Crippen LogP) is 5.60. The number of aromatic nitrogens is 1. The molecule has 0 aliphatic carbocycles. The lowest BCUT2D eigenvalue weighted by Crippen LogP contribution is -2.38. The maximum atomic E-state index is 13.5. The van der Waals surface area contributed by atoms with Crippen molar-refractivity contribution in [1.82, 2.24) is 15.6 Å². The Bertz CT molecular complexity index is 1200. The second-order valence-corrected chi connectivity index (χ2v) is 8.19. The smallest absolute Gasteiger partial charge is 0.433 e. The standard InChI is InChI=1S/C26H25F6N3O3/c1-33-24(36)23(16-5-8-18(27)9-6-16)35-19(10-3-15-4-12-22(34-14-15)26(30,31)32)17-7-11-20(38-25(28)29)21(13-17)37-2/h4-9,11-14,19,23,25,35H,3,10H2,1-2H3,(H,33,36)/t19-,23?/m0/s1. The number of hydrogen-bond donors (Lipinski definition) is 2. The number of aryl methyl sites for hydroxylation is 1. The molecule has 1 amide bonds. The van der Waals surface area contributed by atoms with Gasteiger partial charge in [-0.25, -0.2) is 4.39 Å². The maximum absolute atomic E-state index is 13.5. The summed E-state index contributed by atoms with van der Waals surface area (Å²) in [7, 11) is 2.71. The van der Waals surface area contributed by atoms with Crippen LogP contribution in [-0.4, -0.2) is 31.7 Å². The Hall–Kier alpha value is -3.80. The van der Waals surface area contributed by atoms with Gasteiger partial charge in [0.2, 0.25) is 5.91 Å². The van der Waals surface area contributed by atoms with Gasteiger partial charge in [0.15, 0.2) is 11.5 Å². The Balaban J connectivity index is 1.94. The minimum absolute atomic E-state index is 0.0177. The number of rotatable bonds is 11. The van der Waals surface area contributed by atoms with Crippen LogP contribution >= 0.6 is 0 Å². The van der Waals surface area contributed by atoms with Crippen molar-refractivity contribution in [2.75, 3.05) is 14.2 Å². The summed E-state index contributed by atoms with van der Waals surface area (Å²) >= 11 is 0. The number of carbonyl (C=O) groups excluding carboxylic acids is 1. The van der Waals surface area contributed by atoms with Crippen LogP contribution in [0.3, 0.4) is 0 Å². The van der Waals surface area contributed by atoms with Gasteiger partial charge in [0.1, 0.15) is 17.6 Å². The van der Waals surface area contributed by atoms with Gasteiger partial charge >= 0.3 is 12.8 Å². The summed E-state index contributed by atoms with van der Waals surface area (Å²) in [4.78, 5) is 16.2. The van der Waals surface area contributed by atoms with Crippen LogP contribution in [0.4, 0.5) is 26.3 Å². The van der Waals surface area contributed by atoms with Crippen LogP contribution in [0, 0.1) is 5.82 Å². The van der Waals surface area contributed by atoms with E-state index in [9.17, 15) is 31.1 Å². The number of hydrogen-bond acceptors (Lipinski definition) is 5. The number of nitrogens with zero attached hydrogens (tertiary/aromatic N) is 1. The zero-order chi connectivity index (χ0) is 27.9. The molecule has 2 aromatic carbocycles. The zero-order valence-corrected chi connectivity index (χ0v) is 20.4. The van der Waals surface area contributed by atoms with Crippen molar-refractivity contribution in [3.05, 3.63) is 89.0 Å². The van der Waals surface area contributed by atoms with Gasteiger partial charge in [-0.15, -0.1) is 0 Å². The van der Waals surface area contributed by atoms with E-state index in [4.69, 9.17) is 4.74 Å². The molecule has 1 aromatic heterocycles. The molecular weight excluding hydrogens is 516 g/mol. The number of halogens is 6. The molecule has 1 unspecified atom stereocenters. The highest BCUT2D eigenvalue weighted by Gasteiger charge is 2.32. The van der Waals surface area contributed by atoms with Crippen molar-refractivity contribution >= 4 is 5.91 Å². The van der Waals surface area contributed by atoms with Crippen LogP contribution in [0.2, 0.25) is 0 Å². The van der Waals surface area contributed by atoms with Crippen molar-refractivity contribution in [3.63, 3.8) is 0 Å². The minimum atomic E-state index is -4.57. The molecule has 0 radical (unpaired) electrons. The zero-order valence-electron chi connectivity index (χ0n) is 20.4. The predicted molar refractivity (Wildman–Crippen MR) is 126 cm³/mol. The molecule has 1 heterocycles. The summed E-state index contributed by atoms with van der Waals surface area (Å²) in [5, 5.41) is 5.74. The fourth-order valence-electron chi connectivity index (χ4n) is 3.82. The summed E-state index contributed by atoms with van der Waals surface area (Å²) in [6, 6.07) is 10.2. The first-order chi connectivity index (χ1) is 18.0. The molecule has 3 aromatic rings. The van der Waals surface area contributed by atoms with Gasteiger partial charge in [0.25, 0.3) is 0 Å². The van der Waals surface area contributed by atoms with Crippen molar-refractivity contribution in [1.29, 1.82) is 0 Å². The normalized spacial score (nSPS) is 13.2. The highest BCUT2D eigenvalue weighted by Crippen LogP contribution is 2.34. The number of methoxy groups -OCH3 is 1. The van der Waals surface area contributed by atoms with E-state index in [1.165, 1.54) is 62.7 Å². The molecule has 0 saturated carbocycles. The molecule has 6 nitrogen and oxygen atoms in total. The molecule has 0 saturated heterocycles. The molecule has 38 heavy (non-hydrogen) atoms. The highest BCUT2D eigenvalue weighted by atomic mass is 19.4. The van der Waals surface area contributed by atoms with Gasteiger partial charge in [-0.2, -0.15) is 22.0 Å². The summed E-state index contributed by atoms with van der Waals surface area (Å²) in [5.41, 5.74) is 0.467. The van der Waals surface area contributed by atoms with Gasteiger partial charge in [-0.3, -0.25) is 15.1 Å². The van der Waals surface area contributed by atoms with Gasteiger partial charge in [-0.1, -0.05) is 24.3 Å². The second-order valence-electron chi connectivity index (χ2n) is 8.19. The van der Waals surface area contributed by atoms with E-state index < -0.39 is 42.3 Å². The number of benzene rings is 2. The Kier molecular flexibility index (Phi) is 9.56. The second kappa shape index (κ2) is 12.6. The van der Waals surface area contributed by atoms with Gasteiger partial charge < -0.3 is 14.8 Å². The fraction of sp³-hybridized carbons (Fsp3) is 0.308. The first-order valence-corrected chi connectivity index (χ1v) is 11.4. The number of nitrogens with one attached hydrogen (secondary N) is 2. The largest absolute Gasteiger partial charge is 0.493 e. The molecule has 0 fully saturated rings. The van der Waals surface area contributed by atoms with E-state index >= 15 is 0 Å². The highest BCUT2D eigenvalue weighted by molar-refractivity contribution is 5.83. The van der Waals surface area contributed by atoms with E-state index in [1.807, 2.05) is 0 Å². The molecule has 2 atom stereocenters. The monoisotopic (exact) mass is 541 g/mol. The molecule has 2 N–H and O–H groups in total. The number of likely N-dealkylation sites (N-methyl/N-ethyl adjacent to an activating group) is 1. The Morgan fingerprint density at radius 1 is 1.00 bits per heavy atom. The SMILES string of the molecule is CNC(=O)C(N[C@@H](CCc1ccc(C(F)(F)F)nc1)c1ccc(OC(F)F)c(OC)c1)c1ccc(F)cc1. The van der Waals surface area contributed by atoms with Crippen molar-refractivity contribution in [2.45, 2.75) is 37.7 Å². The van der Waals surface area contributed by atoms with E-state index in [1.54, 1.807) is 0 Å². The van der Waals surface area contributed by atoms with E-state index in [2.05, 4.69) is 20.4 Å². The lowest BCUT2D eigenvalue weighted by Gasteiger charge is -2.26. The third-order valence-electron chi connectivity index (χ3n) is 5.72. The van der Waals surface area contributed by atoms with Crippen molar-refractivity contribution in [2.24, 2.45) is 0 Å². The molecule has 3 rings (SSSR count). The lowest BCUT2D eigenvalue weighted by molar-refractivity contribution is -0.141. The number of alkyl halides is 5.